The molecule has 3 N–H and O–H groups in total. The number of carbonyl (C=O) groups excluding carboxylic acids is 1. The van der Waals surface area contributed by atoms with Gasteiger partial charge in [-0.25, -0.2) is 0 Å². The Balaban J connectivity index is 2.80. The molecule has 1 unspecified atom stereocenters. The van der Waals surface area contributed by atoms with Crippen molar-refractivity contribution in [3.8, 4) is 5.75 Å². The van der Waals surface area contributed by atoms with Gasteiger partial charge in [0.1, 0.15) is 5.75 Å². The van der Waals surface area contributed by atoms with E-state index in [4.69, 9.17) is 10.5 Å². The summed E-state index contributed by atoms with van der Waals surface area (Å²) in [5.41, 5.74) is 6.15. The number of nitrogens with one attached hydrogen (secondary N) is 1. The van der Waals surface area contributed by atoms with E-state index >= 15 is 0 Å². The Labute approximate surface area is 109 Å². The third kappa shape index (κ3) is 3.74. The van der Waals surface area contributed by atoms with Gasteiger partial charge in [0.2, 0.25) is 5.91 Å². The zero-order valence-corrected chi connectivity index (χ0v) is 11.5. The standard InChI is InChI=1S/C14H22N2O2/c1-10(13(17)16-14(2,3)9-15)11-6-5-7-12(8-11)18-4/h5-8,10H,9,15H2,1-4H3,(H,16,17). The van der Waals surface area contributed by atoms with Gasteiger partial charge >= 0.3 is 0 Å². The van der Waals surface area contributed by atoms with E-state index in [2.05, 4.69) is 5.32 Å². The number of hydrogen-bond donors (Lipinski definition) is 2. The van der Waals surface area contributed by atoms with Crippen LogP contribution in [0.15, 0.2) is 24.3 Å². The molecule has 0 aromatic heterocycles. The lowest BCUT2D eigenvalue weighted by atomic mass is 9.97. The second kappa shape index (κ2) is 5.87. The van der Waals surface area contributed by atoms with E-state index in [0.717, 1.165) is 11.3 Å². The first-order valence-electron chi connectivity index (χ1n) is 6.05. The van der Waals surface area contributed by atoms with Crippen LogP contribution in [0.1, 0.15) is 32.3 Å². The van der Waals surface area contributed by atoms with Crippen LogP contribution in [0, 0.1) is 0 Å². The zero-order valence-electron chi connectivity index (χ0n) is 11.5. The Morgan fingerprint density at radius 2 is 2.17 bits per heavy atom. The Morgan fingerprint density at radius 3 is 2.72 bits per heavy atom. The minimum atomic E-state index is -0.385. The van der Waals surface area contributed by atoms with Gasteiger partial charge in [0.05, 0.1) is 13.0 Å². The van der Waals surface area contributed by atoms with Crippen molar-refractivity contribution in [1.29, 1.82) is 0 Å². The van der Waals surface area contributed by atoms with Gasteiger partial charge in [0.25, 0.3) is 0 Å². The summed E-state index contributed by atoms with van der Waals surface area (Å²) in [5.74, 6) is 0.495. The van der Waals surface area contributed by atoms with Crippen molar-refractivity contribution < 1.29 is 9.53 Å². The molecule has 4 nitrogen and oxygen atoms in total. The molecule has 0 aliphatic heterocycles. The summed E-state index contributed by atoms with van der Waals surface area (Å²) in [6.07, 6.45) is 0. The van der Waals surface area contributed by atoms with Crippen LogP contribution in [-0.4, -0.2) is 25.1 Å². The Bertz CT molecular complexity index is 416. The first kappa shape index (κ1) is 14.5. The smallest absolute Gasteiger partial charge is 0.227 e. The largest absolute Gasteiger partial charge is 0.497 e. The average Bonchev–Trinajstić information content (AvgIpc) is 2.37. The van der Waals surface area contributed by atoms with Crippen LogP contribution >= 0.6 is 0 Å². The number of rotatable bonds is 5. The molecule has 4 heteroatoms. The minimum absolute atomic E-state index is 0.0290. The fourth-order valence-electron chi connectivity index (χ4n) is 1.56. The third-order valence-electron chi connectivity index (χ3n) is 2.96. The Morgan fingerprint density at radius 1 is 1.50 bits per heavy atom. The summed E-state index contributed by atoms with van der Waals surface area (Å²) in [6, 6.07) is 7.53. The molecule has 1 aromatic rings. The number of ether oxygens (including phenoxy) is 1. The monoisotopic (exact) mass is 250 g/mol. The van der Waals surface area contributed by atoms with Crippen LogP contribution in [0.5, 0.6) is 5.75 Å². The molecular formula is C14H22N2O2. The fraction of sp³-hybridized carbons (Fsp3) is 0.500. The maximum absolute atomic E-state index is 12.1. The number of hydrogen-bond acceptors (Lipinski definition) is 3. The molecule has 18 heavy (non-hydrogen) atoms. The first-order chi connectivity index (χ1) is 8.39. The van der Waals surface area contributed by atoms with Crippen molar-refractivity contribution in [2.24, 2.45) is 5.73 Å². The van der Waals surface area contributed by atoms with Gasteiger partial charge in [-0.15, -0.1) is 0 Å². The highest BCUT2D eigenvalue weighted by atomic mass is 16.5. The number of methoxy groups -OCH3 is 1. The minimum Gasteiger partial charge on any atom is -0.497 e. The van der Waals surface area contributed by atoms with Crippen LogP contribution in [-0.2, 0) is 4.79 Å². The maximum Gasteiger partial charge on any atom is 0.227 e. The van der Waals surface area contributed by atoms with Crippen molar-refractivity contribution in [3.63, 3.8) is 0 Å². The molecular weight excluding hydrogens is 228 g/mol. The summed E-state index contributed by atoms with van der Waals surface area (Å²) in [4.78, 5) is 12.1. The van der Waals surface area contributed by atoms with Crippen LogP contribution in [0.25, 0.3) is 0 Å². The molecule has 0 bridgehead atoms. The van der Waals surface area contributed by atoms with Crippen LogP contribution in [0.4, 0.5) is 0 Å². The van der Waals surface area contributed by atoms with Gasteiger partial charge in [-0.2, -0.15) is 0 Å². The molecule has 1 aromatic carbocycles. The van der Waals surface area contributed by atoms with E-state index in [1.165, 1.54) is 0 Å². The number of benzene rings is 1. The third-order valence-corrected chi connectivity index (χ3v) is 2.96. The second-order valence-electron chi connectivity index (χ2n) is 5.08. The molecule has 100 valence electrons. The molecule has 0 heterocycles. The van der Waals surface area contributed by atoms with Crippen molar-refractivity contribution in [3.05, 3.63) is 29.8 Å². The number of amides is 1. The average molecular weight is 250 g/mol. The Hall–Kier alpha value is -1.55. The van der Waals surface area contributed by atoms with E-state index in [-0.39, 0.29) is 17.4 Å². The highest BCUT2D eigenvalue weighted by molar-refractivity contribution is 5.83. The summed E-state index contributed by atoms with van der Waals surface area (Å²) in [7, 11) is 1.61. The predicted octanol–water partition coefficient (Wildman–Crippen LogP) is 1.65. The molecule has 0 fully saturated rings. The van der Waals surface area contributed by atoms with Gasteiger partial charge in [-0.3, -0.25) is 4.79 Å². The molecule has 0 aliphatic carbocycles. The molecule has 1 atom stereocenters. The number of carbonyl (C=O) groups is 1. The lowest BCUT2D eigenvalue weighted by Crippen LogP contribution is -2.50. The highest BCUT2D eigenvalue weighted by Gasteiger charge is 2.23. The summed E-state index contributed by atoms with van der Waals surface area (Å²) in [6.45, 7) is 6.09. The van der Waals surface area contributed by atoms with Crippen molar-refractivity contribution in [2.45, 2.75) is 32.2 Å². The molecule has 1 amide bonds. The van der Waals surface area contributed by atoms with Crippen molar-refractivity contribution in [1.82, 2.24) is 5.32 Å². The molecule has 0 aliphatic rings. The van der Waals surface area contributed by atoms with E-state index in [0.29, 0.717) is 6.54 Å². The molecule has 0 spiro atoms. The van der Waals surface area contributed by atoms with Gasteiger partial charge < -0.3 is 15.8 Å². The SMILES string of the molecule is COc1cccc(C(C)C(=O)NC(C)(C)CN)c1. The van der Waals surface area contributed by atoms with Gasteiger partial charge in [-0.1, -0.05) is 12.1 Å². The lowest BCUT2D eigenvalue weighted by Gasteiger charge is -2.26. The van der Waals surface area contributed by atoms with Crippen molar-refractivity contribution >= 4 is 5.91 Å². The van der Waals surface area contributed by atoms with Crippen LogP contribution < -0.4 is 15.8 Å². The van der Waals surface area contributed by atoms with E-state index < -0.39 is 0 Å². The van der Waals surface area contributed by atoms with Crippen LogP contribution in [0.2, 0.25) is 0 Å². The molecule has 0 radical (unpaired) electrons. The van der Waals surface area contributed by atoms with Gasteiger partial charge in [-0.05, 0) is 38.5 Å². The lowest BCUT2D eigenvalue weighted by molar-refractivity contribution is -0.123. The zero-order chi connectivity index (χ0) is 13.8. The van der Waals surface area contributed by atoms with Gasteiger partial charge in [0.15, 0.2) is 0 Å². The Kier molecular flexibility index (Phi) is 4.73. The quantitative estimate of drug-likeness (QED) is 0.835. The van der Waals surface area contributed by atoms with Gasteiger partial charge in [0, 0.05) is 12.1 Å². The molecule has 0 saturated carbocycles. The first-order valence-corrected chi connectivity index (χ1v) is 6.05. The van der Waals surface area contributed by atoms with E-state index in [1.54, 1.807) is 7.11 Å². The number of nitrogens with two attached hydrogens (primary N) is 1. The second-order valence-corrected chi connectivity index (χ2v) is 5.08. The molecule has 1 rings (SSSR count). The topological polar surface area (TPSA) is 64.3 Å². The summed E-state index contributed by atoms with van der Waals surface area (Å²) >= 11 is 0. The maximum atomic E-state index is 12.1. The van der Waals surface area contributed by atoms with Crippen molar-refractivity contribution in [2.75, 3.05) is 13.7 Å². The predicted molar refractivity (Wildman–Crippen MR) is 72.7 cm³/mol. The fourth-order valence-corrected chi connectivity index (χ4v) is 1.56. The normalized spacial score (nSPS) is 12.9. The molecule has 0 saturated heterocycles. The van der Waals surface area contributed by atoms with E-state index in [9.17, 15) is 4.79 Å². The van der Waals surface area contributed by atoms with E-state index in [1.807, 2.05) is 45.0 Å². The summed E-state index contributed by atoms with van der Waals surface area (Å²) < 4.78 is 5.16. The summed E-state index contributed by atoms with van der Waals surface area (Å²) in [5, 5.41) is 2.94. The van der Waals surface area contributed by atoms with Crippen LogP contribution in [0.3, 0.4) is 0 Å². The highest BCUT2D eigenvalue weighted by Crippen LogP contribution is 2.21.